The van der Waals surface area contributed by atoms with Crippen molar-refractivity contribution in [3.8, 4) is 11.4 Å². The van der Waals surface area contributed by atoms with Gasteiger partial charge < -0.3 is 10.1 Å². The predicted molar refractivity (Wildman–Crippen MR) is 126 cm³/mol. The van der Waals surface area contributed by atoms with Crippen LogP contribution in [-0.2, 0) is 0 Å². The molecular formula is C25H22F3N5O2. The highest BCUT2D eigenvalue weighted by atomic mass is 19.4. The number of carbonyl (C=O) groups is 1. The highest BCUT2D eigenvalue weighted by Crippen LogP contribution is 2.26. The van der Waals surface area contributed by atoms with E-state index in [9.17, 15) is 18.0 Å². The van der Waals surface area contributed by atoms with Gasteiger partial charge in [0.05, 0.1) is 11.7 Å². The molecule has 0 bridgehead atoms. The Morgan fingerprint density at radius 3 is 2.29 bits per heavy atom. The molecule has 0 aliphatic carbocycles. The number of halogens is 3. The van der Waals surface area contributed by atoms with Crippen molar-refractivity contribution >= 4 is 17.8 Å². The Labute approximate surface area is 199 Å². The van der Waals surface area contributed by atoms with Gasteiger partial charge >= 0.3 is 6.36 Å². The standard InChI is InChI=1S/C25H22F3N5O2/c1-16-8-6-7-11-21(16)22(34)30-24-31-23(29-17(2)18-9-4-3-5-10-18)32-33(24)19-12-14-20(15-13-19)35-25(26,27)28/h3-15,17H,1-2H3,(H2,29,30,31,32,34)/t17-/m1/s1. The zero-order chi connectivity index (χ0) is 25.0. The average molecular weight is 481 g/mol. The summed E-state index contributed by atoms with van der Waals surface area (Å²) in [6.07, 6.45) is -4.80. The predicted octanol–water partition coefficient (Wildman–Crippen LogP) is 5.90. The minimum absolute atomic E-state index is 0.102. The second-order valence-corrected chi connectivity index (χ2v) is 7.76. The molecule has 0 aliphatic rings. The van der Waals surface area contributed by atoms with Gasteiger partial charge in [-0.05, 0) is 55.3 Å². The summed E-state index contributed by atoms with van der Waals surface area (Å²) in [4.78, 5) is 17.4. The summed E-state index contributed by atoms with van der Waals surface area (Å²) >= 11 is 0. The number of amides is 1. The van der Waals surface area contributed by atoms with Crippen LogP contribution in [0.25, 0.3) is 5.69 Å². The molecule has 1 heterocycles. The molecule has 0 aliphatic heterocycles. The van der Waals surface area contributed by atoms with Crippen LogP contribution in [0.4, 0.5) is 25.1 Å². The number of anilines is 2. The molecule has 180 valence electrons. The zero-order valence-corrected chi connectivity index (χ0v) is 18.9. The maximum Gasteiger partial charge on any atom is 0.573 e. The topological polar surface area (TPSA) is 81.1 Å². The van der Waals surface area contributed by atoms with E-state index in [1.165, 1.54) is 16.8 Å². The van der Waals surface area contributed by atoms with Gasteiger partial charge in [-0.2, -0.15) is 9.67 Å². The Morgan fingerprint density at radius 1 is 0.971 bits per heavy atom. The number of aryl methyl sites for hydroxylation is 1. The van der Waals surface area contributed by atoms with E-state index in [4.69, 9.17) is 0 Å². The second-order valence-electron chi connectivity index (χ2n) is 7.76. The van der Waals surface area contributed by atoms with Crippen molar-refractivity contribution in [3.05, 3.63) is 95.6 Å². The number of ether oxygens (including phenoxy) is 1. The molecule has 4 aromatic rings. The molecule has 7 nitrogen and oxygen atoms in total. The largest absolute Gasteiger partial charge is 0.573 e. The van der Waals surface area contributed by atoms with Crippen molar-refractivity contribution in [1.29, 1.82) is 0 Å². The number of nitrogens with one attached hydrogen (secondary N) is 2. The molecule has 1 atom stereocenters. The first-order valence-electron chi connectivity index (χ1n) is 10.7. The molecule has 1 aromatic heterocycles. The third kappa shape index (κ3) is 5.97. The SMILES string of the molecule is Cc1ccccc1C(=O)Nc1nc(N[C@H](C)c2ccccc2)nn1-c1ccc(OC(F)(F)F)cc1. The molecule has 0 fully saturated rings. The first kappa shape index (κ1) is 23.8. The first-order valence-corrected chi connectivity index (χ1v) is 10.7. The number of hydrogen-bond donors (Lipinski definition) is 2. The molecule has 0 saturated carbocycles. The van der Waals surface area contributed by atoms with Gasteiger partial charge in [-0.1, -0.05) is 48.5 Å². The van der Waals surface area contributed by atoms with Crippen LogP contribution in [0.1, 0.15) is 34.5 Å². The van der Waals surface area contributed by atoms with E-state index in [0.29, 0.717) is 11.3 Å². The zero-order valence-electron chi connectivity index (χ0n) is 18.9. The normalized spacial score (nSPS) is 12.1. The summed E-state index contributed by atoms with van der Waals surface area (Å²) in [7, 11) is 0. The third-order valence-corrected chi connectivity index (χ3v) is 5.18. The van der Waals surface area contributed by atoms with Gasteiger partial charge in [0.1, 0.15) is 5.75 Å². The highest BCUT2D eigenvalue weighted by Gasteiger charge is 2.31. The molecule has 0 spiro atoms. The molecule has 0 radical (unpaired) electrons. The fourth-order valence-corrected chi connectivity index (χ4v) is 3.44. The maximum absolute atomic E-state index is 12.9. The lowest BCUT2D eigenvalue weighted by atomic mass is 10.1. The van der Waals surface area contributed by atoms with E-state index in [2.05, 4.69) is 25.5 Å². The van der Waals surface area contributed by atoms with Crippen LogP contribution in [0.2, 0.25) is 0 Å². The van der Waals surface area contributed by atoms with Crippen LogP contribution < -0.4 is 15.4 Å². The summed E-state index contributed by atoms with van der Waals surface area (Å²) < 4.78 is 42.9. The smallest absolute Gasteiger partial charge is 0.406 e. The van der Waals surface area contributed by atoms with Gasteiger partial charge in [-0.3, -0.25) is 10.1 Å². The molecule has 1 amide bonds. The molecule has 10 heteroatoms. The van der Waals surface area contributed by atoms with Gasteiger partial charge in [0.15, 0.2) is 0 Å². The number of aromatic nitrogens is 3. The quantitative estimate of drug-likeness (QED) is 0.344. The Hall–Kier alpha value is -4.34. The summed E-state index contributed by atoms with van der Waals surface area (Å²) in [5.74, 6) is -0.429. The second kappa shape index (κ2) is 9.88. The number of carbonyl (C=O) groups excluding carboxylic acids is 1. The Bertz CT molecular complexity index is 1300. The lowest BCUT2D eigenvalue weighted by Crippen LogP contribution is -2.17. The van der Waals surface area contributed by atoms with Crippen LogP contribution in [0.15, 0.2) is 78.9 Å². The van der Waals surface area contributed by atoms with Gasteiger partial charge in [0, 0.05) is 5.56 Å². The highest BCUT2D eigenvalue weighted by molar-refractivity contribution is 6.04. The van der Waals surface area contributed by atoms with E-state index in [-0.39, 0.29) is 23.7 Å². The van der Waals surface area contributed by atoms with Crippen LogP contribution in [-0.4, -0.2) is 27.0 Å². The summed E-state index contributed by atoms with van der Waals surface area (Å²) in [6.45, 7) is 3.75. The van der Waals surface area contributed by atoms with Crippen LogP contribution in [0.5, 0.6) is 5.75 Å². The number of nitrogens with zero attached hydrogens (tertiary/aromatic N) is 3. The first-order chi connectivity index (χ1) is 16.7. The third-order valence-electron chi connectivity index (χ3n) is 5.18. The van der Waals surface area contributed by atoms with E-state index in [0.717, 1.165) is 23.3 Å². The van der Waals surface area contributed by atoms with E-state index in [1.54, 1.807) is 12.1 Å². The van der Waals surface area contributed by atoms with Crippen LogP contribution >= 0.6 is 0 Å². The molecule has 3 aromatic carbocycles. The van der Waals surface area contributed by atoms with Gasteiger partial charge in [0.2, 0.25) is 11.9 Å². The lowest BCUT2D eigenvalue weighted by molar-refractivity contribution is -0.274. The van der Waals surface area contributed by atoms with Crippen molar-refractivity contribution in [2.45, 2.75) is 26.3 Å². The molecule has 2 N–H and O–H groups in total. The van der Waals surface area contributed by atoms with E-state index < -0.39 is 12.3 Å². The van der Waals surface area contributed by atoms with Crippen molar-refractivity contribution in [2.24, 2.45) is 0 Å². The van der Waals surface area contributed by atoms with Crippen molar-refractivity contribution < 1.29 is 22.7 Å². The summed E-state index contributed by atoms with van der Waals surface area (Å²) in [5, 5.41) is 10.4. The van der Waals surface area contributed by atoms with Gasteiger partial charge in [0.25, 0.3) is 5.91 Å². The Morgan fingerprint density at radius 2 is 1.63 bits per heavy atom. The van der Waals surface area contributed by atoms with E-state index >= 15 is 0 Å². The summed E-state index contributed by atoms with van der Waals surface area (Å²) in [5.41, 5.74) is 2.62. The lowest BCUT2D eigenvalue weighted by Gasteiger charge is -2.12. The minimum Gasteiger partial charge on any atom is -0.406 e. The fourth-order valence-electron chi connectivity index (χ4n) is 3.44. The number of hydrogen-bond acceptors (Lipinski definition) is 5. The van der Waals surface area contributed by atoms with E-state index in [1.807, 2.05) is 56.3 Å². The Balaban J connectivity index is 1.65. The van der Waals surface area contributed by atoms with Gasteiger partial charge in [-0.25, -0.2) is 0 Å². The summed E-state index contributed by atoms with van der Waals surface area (Å²) in [6, 6.07) is 21.7. The minimum atomic E-state index is -4.80. The molecule has 35 heavy (non-hydrogen) atoms. The molecular weight excluding hydrogens is 459 g/mol. The molecule has 0 saturated heterocycles. The van der Waals surface area contributed by atoms with Crippen molar-refractivity contribution in [1.82, 2.24) is 14.8 Å². The molecule has 4 rings (SSSR count). The number of alkyl halides is 3. The fraction of sp³-hybridized carbons (Fsp3) is 0.160. The average Bonchev–Trinajstić information content (AvgIpc) is 3.21. The van der Waals surface area contributed by atoms with Crippen molar-refractivity contribution in [3.63, 3.8) is 0 Å². The van der Waals surface area contributed by atoms with Crippen LogP contribution in [0.3, 0.4) is 0 Å². The number of benzene rings is 3. The van der Waals surface area contributed by atoms with Crippen molar-refractivity contribution in [2.75, 3.05) is 10.6 Å². The maximum atomic E-state index is 12.9. The number of rotatable bonds is 7. The Kier molecular flexibility index (Phi) is 6.72. The van der Waals surface area contributed by atoms with Gasteiger partial charge in [-0.15, -0.1) is 18.3 Å². The molecule has 0 unspecified atom stereocenters. The van der Waals surface area contributed by atoms with Crippen LogP contribution in [0, 0.1) is 6.92 Å². The monoisotopic (exact) mass is 481 g/mol.